The Morgan fingerprint density at radius 2 is 2.07 bits per heavy atom. The molecule has 148 valence electrons. The summed E-state index contributed by atoms with van der Waals surface area (Å²) in [7, 11) is 4.79. The van der Waals surface area contributed by atoms with Gasteiger partial charge in [0.15, 0.2) is 11.5 Å². The molecule has 5 rings (SSSR count). The van der Waals surface area contributed by atoms with Crippen molar-refractivity contribution >= 4 is 17.4 Å². The second-order valence-corrected chi connectivity index (χ2v) is 8.28. The molecule has 28 heavy (non-hydrogen) atoms. The van der Waals surface area contributed by atoms with Gasteiger partial charge in [-0.3, -0.25) is 9.69 Å². The van der Waals surface area contributed by atoms with Crippen LogP contribution in [-0.2, 0) is 14.9 Å². The van der Waals surface area contributed by atoms with Crippen molar-refractivity contribution in [1.29, 1.82) is 0 Å². The number of allylic oxidation sites excluding steroid dienone is 1. The molecule has 3 atom stereocenters. The third kappa shape index (κ3) is 2.07. The van der Waals surface area contributed by atoms with Gasteiger partial charge in [-0.2, -0.15) is 0 Å². The number of benzene rings is 1. The van der Waals surface area contributed by atoms with Crippen LogP contribution in [0, 0.1) is 5.41 Å². The summed E-state index contributed by atoms with van der Waals surface area (Å²) in [6.45, 7) is 2.08. The van der Waals surface area contributed by atoms with E-state index in [0.717, 1.165) is 43.8 Å². The van der Waals surface area contributed by atoms with Gasteiger partial charge in [-0.1, -0.05) is 12.1 Å². The van der Waals surface area contributed by atoms with E-state index in [1.165, 1.54) is 12.7 Å². The maximum atomic E-state index is 12.3. The van der Waals surface area contributed by atoms with Crippen molar-refractivity contribution in [1.82, 2.24) is 4.90 Å². The van der Waals surface area contributed by atoms with E-state index in [0.29, 0.717) is 17.9 Å². The van der Waals surface area contributed by atoms with Crippen LogP contribution < -0.4 is 9.47 Å². The largest absolute Gasteiger partial charge is 0.493 e. The molecule has 0 bridgehead atoms. The van der Waals surface area contributed by atoms with Crippen LogP contribution in [0.4, 0.5) is 5.69 Å². The van der Waals surface area contributed by atoms with E-state index in [4.69, 9.17) is 19.2 Å². The van der Waals surface area contributed by atoms with Gasteiger partial charge in [0.2, 0.25) is 0 Å². The Morgan fingerprint density at radius 3 is 2.82 bits per heavy atom. The van der Waals surface area contributed by atoms with Crippen LogP contribution in [0.1, 0.15) is 31.2 Å². The van der Waals surface area contributed by atoms with Crippen LogP contribution in [0.15, 0.2) is 29.3 Å². The number of ether oxygens (including phenoxy) is 3. The van der Waals surface area contributed by atoms with Gasteiger partial charge in [-0.05, 0) is 50.1 Å². The van der Waals surface area contributed by atoms with Gasteiger partial charge in [0, 0.05) is 11.5 Å². The standard InChI is InChI=1S/C22H26N2O4/c1-26-15-6-5-14-18(19(15)28-3)23-16-7-9-21(13-17(25)27-2)8-4-11-24-12-10-22(14,16)20(21)24/h5-7,9,20H,4,8,10-13H2,1-3H3/t20-,21-,22-/m1/s1. The highest BCUT2D eigenvalue weighted by Gasteiger charge is 2.64. The number of aliphatic imine (C=N–C) groups is 1. The van der Waals surface area contributed by atoms with E-state index < -0.39 is 0 Å². The molecule has 0 aromatic heterocycles. The molecule has 1 aliphatic carbocycles. The van der Waals surface area contributed by atoms with E-state index in [1.807, 2.05) is 6.07 Å². The fourth-order valence-electron chi connectivity index (χ4n) is 6.22. The first-order chi connectivity index (χ1) is 13.6. The normalized spacial score (nSPS) is 32.2. The van der Waals surface area contributed by atoms with E-state index in [9.17, 15) is 4.79 Å². The number of methoxy groups -OCH3 is 3. The monoisotopic (exact) mass is 382 g/mol. The minimum atomic E-state index is -0.213. The third-order valence-electron chi connectivity index (χ3n) is 7.22. The molecule has 1 aromatic carbocycles. The predicted molar refractivity (Wildman–Crippen MR) is 106 cm³/mol. The van der Waals surface area contributed by atoms with Gasteiger partial charge in [0.1, 0.15) is 5.69 Å². The van der Waals surface area contributed by atoms with Crippen LogP contribution in [0.2, 0.25) is 0 Å². The minimum Gasteiger partial charge on any atom is -0.493 e. The van der Waals surface area contributed by atoms with Crippen LogP contribution >= 0.6 is 0 Å². The Hall–Kier alpha value is -2.34. The van der Waals surface area contributed by atoms with Crippen molar-refractivity contribution in [2.45, 2.75) is 37.1 Å². The van der Waals surface area contributed by atoms with Gasteiger partial charge in [-0.15, -0.1) is 0 Å². The maximum absolute atomic E-state index is 12.3. The molecule has 0 unspecified atom stereocenters. The molecular weight excluding hydrogens is 356 g/mol. The Labute approximate surface area is 165 Å². The molecule has 6 nitrogen and oxygen atoms in total. The van der Waals surface area contributed by atoms with Gasteiger partial charge in [0.05, 0.1) is 38.9 Å². The fourth-order valence-corrected chi connectivity index (χ4v) is 6.22. The Bertz CT molecular complexity index is 908. The lowest BCUT2D eigenvalue weighted by atomic mass is 9.55. The van der Waals surface area contributed by atoms with E-state index >= 15 is 0 Å². The first-order valence-corrected chi connectivity index (χ1v) is 9.94. The van der Waals surface area contributed by atoms with E-state index in [1.54, 1.807) is 14.2 Å². The van der Waals surface area contributed by atoms with Gasteiger partial charge < -0.3 is 14.2 Å². The van der Waals surface area contributed by atoms with Crippen molar-refractivity contribution in [3.63, 3.8) is 0 Å². The minimum absolute atomic E-state index is 0.139. The van der Waals surface area contributed by atoms with Gasteiger partial charge >= 0.3 is 5.97 Å². The molecule has 0 amide bonds. The zero-order valence-electron chi connectivity index (χ0n) is 16.7. The molecular formula is C22H26N2O4. The number of fused-ring (bicyclic) bond motifs is 1. The summed E-state index contributed by atoms with van der Waals surface area (Å²) in [5, 5.41) is 0. The average molecular weight is 382 g/mol. The summed E-state index contributed by atoms with van der Waals surface area (Å²) < 4.78 is 16.3. The highest BCUT2D eigenvalue weighted by Crippen LogP contribution is 2.62. The molecule has 3 aliphatic heterocycles. The fraction of sp³-hybridized carbons (Fsp3) is 0.545. The second kappa shape index (κ2) is 6.08. The summed E-state index contributed by atoms with van der Waals surface area (Å²) in [5.41, 5.74) is 2.76. The highest BCUT2D eigenvalue weighted by atomic mass is 16.5. The molecule has 2 fully saturated rings. The lowest BCUT2D eigenvalue weighted by molar-refractivity contribution is -0.144. The zero-order chi connectivity index (χ0) is 19.5. The van der Waals surface area contributed by atoms with Crippen LogP contribution in [0.25, 0.3) is 0 Å². The lowest BCUT2D eigenvalue weighted by Crippen LogP contribution is -2.60. The Balaban J connectivity index is 1.71. The molecule has 0 N–H and O–H groups in total. The van der Waals surface area contributed by atoms with Crippen molar-refractivity contribution in [3.05, 3.63) is 29.8 Å². The molecule has 0 radical (unpaired) electrons. The molecule has 1 spiro atoms. The summed E-state index contributed by atoms with van der Waals surface area (Å²) >= 11 is 0. The molecule has 2 saturated heterocycles. The first kappa shape index (κ1) is 17.7. The number of piperidine rings is 1. The number of hydrogen-bond acceptors (Lipinski definition) is 6. The third-order valence-corrected chi connectivity index (χ3v) is 7.22. The van der Waals surface area contributed by atoms with Crippen molar-refractivity contribution in [2.75, 3.05) is 34.4 Å². The quantitative estimate of drug-likeness (QED) is 0.749. The van der Waals surface area contributed by atoms with Crippen molar-refractivity contribution in [3.8, 4) is 11.5 Å². The number of carbonyl (C=O) groups excluding carboxylic acids is 1. The zero-order valence-corrected chi connectivity index (χ0v) is 16.7. The van der Waals surface area contributed by atoms with E-state index in [2.05, 4.69) is 23.1 Å². The summed E-state index contributed by atoms with van der Waals surface area (Å²) in [6, 6.07) is 4.35. The second-order valence-electron chi connectivity index (χ2n) is 8.28. The number of rotatable bonds is 4. The number of esters is 1. The molecule has 0 saturated carbocycles. The van der Waals surface area contributed by atoms with Gasteiger partial charge in [-0.25, -0.2) is 4.99 Å². The van der Waals surface area contributed by atoms with Crippen LogP contribution in [0.3, 0.4) is 0 Å². The summed E-state index contributed by atoms with van der Waals surface area (Å²) in [6.07, 6.45) is 7.90. The van der Waals surface area contributed by atoms with Crippen LogP contribution in [-0.4, -0.2) is 57.0 Å². The summed E-state index contributed by atoms with van der Waals surface area (Å²) in [4.78, 5) is 19.9. The number of nitrogens with zero attached hydrogens (tertiary/aromatic N) is 2. The van der Waals surface area contributed by atoms with E-state index in [-0.39, 0.29) is 22.8 Å². The lowest BCUT2D eigenvalue weighted by Gasteiger charge is -2.53. The van der Waals surface area contributed by atoms with Crippen molar-refractivity contribution < 1.29 is 19.0 Å². The molecule has 6 heteroatoms. The van der Waals surface area contributed by atoms with Crippen molar-refractivity contribution in [2.24, 2.45) is 10.4 Å². The summed E-state index contributed by atoms with van der Waals surface area (Å²) in [5.74, 6) is 1.25. The maximum Gasteiger partial charge on any atom is 0.306 e. The molecule has 3 heterocycles. The topological polar surface area (TPSA) is 60.4 Å². The Kier molecular flexibility index (Phi) is 3.85. The average Bonchev–Trinajstić information content (AvgIpc) is 3.27. The smallest absolute Gasteiger partial charge is 0.306 e. The van der Waals surface area contributed by atoms with Crippen LogP contribution in [0.5, 0.6) is 11.5 Å². The molecule has 1 aromatic rings. The number of hydrogen-bond donors (Lipinski definition) is 0. The molecule has 4 aliphatic rings. The Morgan fingerprint density at radius 1 is 1.21 bits per heavy atom. The highest BCUT2D eigenvalue weighted by molar-refractivity contribution is 6.12. The SMILES string of the molecule is COC(=O)C[C@]12C=CC3=Nc4c(ccc(OC)c4OC)[C@]34CCN(CCC1)[C@H]24. The predicted octanol–water partition coefficient (Wildman–Crippen LogP) is 3.02. The number of carbonyl (C=O) groups is 1. The van der Waals surface area contributed by atoms with Gasteiger partial charge in [0.25, 0.3) is 0 Å². The first-order valence-electron chi connectivity index (χ1n) is 9.94.